The number of quaternary nitrogens is 1. The average Bonchev–Trinajstić information content (AvgIpc) is 2.76. The highest BCUT2D eigenvalue weighted by molar-refractivity contribution is 7.89. The molecule has 1 N–H and O–H groups in total. The Hall–Kier alpha value is -2.69. The highest BCUT2D eigenvalue weighted by atomic mass is 32.2. The third-order valence-electron chi connectivity index (χ3n) is 6.20. The highest BCUT2D eigenvalue weighted by Gasteiger charge is 2.40. The van der Waals surface area contributed by atoms with E-state index in [9.17, 15) is 26.4 Å². The fraction of sp³-hybridized carbons (Fsp3) is 0.348. The van der Waals surface area contributed by atoms with E-state index in [1.807, 2.05) is 26.0 Å². The lowest BCUT2D eigenvalue weighted by Crippen LogP contribution is -3.13. The van der Waals surface area contributed by atoms with E-state index in [0.717, 1.165) is 43.4 Å². The van der Waals surface area contributed by atoms with Gasteiger partial charge < -0.3 is 9.32 Å². The summed E-state index contributed by atoms with van der Waals surface area (Å²) >= 11 is 0. The molecule has 1 fully saturated rings. The summed E-state index contributed by atoms with van der Waals surface area (Å²) in [6.07, 6.45) is -4.76. The van der Waals surface area contributed by atoms with Gasteiger partial charge >= 0.3 is 11.8 Å². The molecule has 1 aliphatic heterocycles. The van der Waals surface area contributed by atoms with E-state index < -0.39 is 32.3 Å². The molecule has 1 aromatic heterocycles. The zero-order chi connectivity index (χ0) is 24.0. The molecule has 2 heterocycles. The van der Waals surface area contributed by atoms with Gasteiger partial charge in [0.15, 0.2) is 0 Å². The van der Waals surface area contributed by atoms with Crippen molar-refractivity contribution in [1.82, 2.24) is 4.31 Å². The minimum atomic E-state index is -4.76. The standard InChI is InChI=1S/C23H23F3N2O4S/c1-15-7-8-18-17(13-21(29)32-22(18)16(15)2)14-27-9-11-28(12-10-27)33(30,31)20-6-4-3-5-19(20)23(24,25)26/h3-8,13H,9-12,14H2,1-2H3/p+1. The second kappa shape index (κ2) is 8.58. The average molecular weight is 482 g/mol. The van der Waals surface area contributed by atoms with E-state index >= 15 is 0 Å². The lowest BCUT2D eigenvalue weighted by Gasteiger charge is -2.32. The molecule has 4 rings (SSSR count). The van der Waals surface area contributed by atoms with Crippen molar-refractivity contribution in [2.45, 2.75) is 31.5 Å². The molecule has 0 radical (unpaired) electrons. The van der Waals surface area contributed by atoms with E-state index in [4.69, 9.17) is 4.42 Å². The quantitative estimate of drug-likeness (QED) is 0.582. The number of rotatable bonds is 4. The van der Waals surface area contributed by atoms with Gasteiger partial charge in [-0.25, -0.2) is 13.2 Å². The number of hydrogen-bond donors (Lipinski definition) is 1. The number of aryl methyl sites for hydroxylation is 2. The molecular weight excluding hydrogens is 457 g/mol. The van der Waals surface area contributed by atoms with Crippen molar-refractivity contribution < 1.29 is 30.9 Å². The number of halogens is 3. The van der Waals surface area contributed by atoms with Crippen molar-refractivity contribution >= 4 is 21.0 Å². The maximum absolute atomic E-state index is 13.3. The molecule has 0 atom stereocenters. The molecule has 3 aromatic rings. The maximum Gasteiger partial charge on any atom is 0.417 e. The predicted octanol–water partition coefficient (Wildman–Crippen LogP) is 2.52. The molecule has 10 heteroatoms. The van der Waals surface area contributed by atoms with Crippen LogP contribution in [-0.2, 0) is 22.7 Å². The molecule has 0 aliphatic carbocycles. The van der Waals surface area contributed by atoms with Gasteiger partial charge in [-0.2, -0.15) is 17.5 Å². The SMILES string of the molecule is Cc1ccc2c(C[NH+]3CCN(S(=O)(=O)c4ccccc4C(F)(F)F)CC3)cc(=O)oc2c1C. The Bertz CT molecular complexity index is 1360. The molecule has 0 bridgehead atoms. The van der Waals surface area contributed by atoms with Crippen LogP contribution in [0.15, 0.2) is 56.6 Å². The van der Waals surface area contributed by atoms with E-state index in [0.29, 0.717) is 25.2 Å². The summed E-state index contributed by atoms with van der Waals surface area (Å²) in [5, 5.41) is 0.833. The number of nitrogens with zero attached hydrogens (tertiary/aromatic N) is 1. The molecule has 6 nitrogen and oxygen atoms in total. The van der Waals surface area contributed by atoms with Gasteiger partial charge in [-0.1, -0.05) is 24.3 Å². The number of alkyl halides is 3. The summed E-state index contributed by atoms with van der Waals surface area (Å²) in [4.78, 5) is 12.4. The summed E-state index contributed by atoms with van der Waals surface area (Å²) < 4.78 is 72.5. The Labute approximate surface area is 189 Å². The monoisotopic (exact) mass is 481 g/mol. The maximum atomic E-state index is 13.3. The number of hydrogen-bond acceptors (Lipinski definition) is 4. The van der Waals surface area contributed by atoms with E-state index in [2.05, 4.69) is 0 Å². The van der Waals surface area contributed by atoms with Crippen LogP contribution in [0.4, 0.5) is 13.2 Å². The molecule has 0 amide bonds. The van der Waals surface area contributed by atoms with Gasteiger partial charge in [-0.3, -0.25) is 0 Å². The summed E-state index contributed by atoms with van der Waals surface area (Å²) in [6.45, 7) is 5.28. The minimum absolute atomic E-state index is 0.0847. The first-order chi connectivity index (χ1) is 15.5. The largest absolute Gasteiger partial charge is 0.422 e. The van der Waals surface area contributed by atoms with Crippen LogP contribution >= 0.6 is 0 Å². The molecule has 0 saturated carbocycles. The number of nitrogens with one attached hydrogen (secondary N) is 1. The van der Waals surface area contributed by atoms with Crippen molar-refractivity contribution in [1.29, 1.82) is 0 Å². The number of fused-ring (bicyclic) bond motifs is 1. The second-order valence-corrected chi connectivity index (χ2v) is 10.2. The molecule has 0 unspecified atom stereocenters. The molecule has 33 heavy (non-hydrogen) atoms. The Morgan fingerprint density at radius 3 is 2.39 bits per heavy atom. The first-order valence-corrected chi connectivity index (χ1v) is 12.0. The number of piperazine rings is 1. The van der Waals surface area contributed by atoms with Crippen LogP contribution < -0.4 is 10.5 Å². The van der Waals surface area contributed by atoms with E-state index in [1.165, 1.54) is 18.2 Å². The van der Waals surface area contributed by atoms with Gasteiger partial charge in [0.1, 0.15) is 12.1 Å². The summed E-state index contributed by atoms with van der Waals surface area (Å²) in [5.41, 5.74) is 1.64. The molecule has 1 saturated heterocycles. The van der Waals surface area contributed by atoms with Crippen molar-refractivity contribution in [3.63, 3.8) is 0 Å². The van der Waals surface area contributed by atoms with Crippen LogP contribution in [0.2, 0.25) is 0 Å². The molecule has 1 aliphatic rings. The zero-order valence-electron chi connectivity index (χ0n) is 18.2. The van der Waals surface area contributed by atoms with E-state index in [-0.39, 0.29) is 13.1 Å². The van der Waals surface area contributed by atoms with Crippen LogP contribution in [0.3, 0.4) is 0 Å². The van der Waals surface area contributed by atoms with Crippen molar-refractivity contribution in [2.75, 3.05) is 26.2 Å². The van der Waals surface area contributed by atoms with Crippen molar-refractivity contribution in [2.24, 2.45) is 0 Å². The first-order valence-electron chi connectivity index (χ1n) is 10.5. The van der Waals surface area contributed by atoms with Crippen LogP contribution in [0.1, 0.15) is 22.3 Å². The van der Waals surface area contributed by atoms with Gasteiger partial charge in [0.2, 0.25) is 10.0 Å². The Kier molecular flexibility index (Phi) is 6.10. The van der Waals surface area contributed by atoms with Crippen molar-refractivity contribution in [3.05, 3.63) is 75.1 Å². The first kappa shape index (κ1) is 23.5. The van der Waals surface area contributed by atoms with Gasteiger partial charge in [-0.15, -0.1) is 0 Å². The fourth-order valence-corrected chi connectivity index (χ4v) is 5.88. The van der Waals surface area contributed by atoms with Gasteiger partial charge in [0.25, 0.3) is 0 Å². The second-order valence-electron chi connectivity index (χ2n) is 8.30. The zero-order valence-corrected chi connectivity index (χ0v) is 19.0. The van der Waals surface area contributed by atoms with Crippen LogP contribution in [-0.4, -0.2) is 38.9 Å². The summed E-state index contributed by atoms with van der Waals surface area (Å²) in [5.74, 6) is 0. The molecule has 176 valence electrons. The van der Waals surface area contributed by atoms with Gasteiger partial charge in [0, 0.05) is 17.0 Å². The Morgan fingerprint density at radius 1 is 1.06 bits per heavy atom. The number of sulfonamides is 1. The normalized spacial score (nSPS) is 16.4. The van der Waals surface area contributed by atoms with Gasteiger partial charge in [-0.05, 0) is 37.1 Å². The van der Waals surface area contributed by atoms with E-state index in [1.54, 1.807) is 0 Å². The summed E-state index contributed by atoms with van der Waals surface area (Å²) in [7, 11) is -4.29. The summed E-state index contributed by atoms with van der Waals surface area (Å²) in [6, 6.07) is 9.56. The van der Waals surface area contributed by atoms with Crippen LogP contribution in [0.5, 0.6) is 0 Å². The molecule has 2 aromatic carbocycles. The van der Waals surface area contributed by atoms with Crippen LogP contribution in [0, 0.1) is 13.8 Å². The van der Waals surface area contributed by atoms with Crippen LogP contribution in [0.25, 0.3) is 11.0 Å². The lowest BCUT2D eigenvalue weighted by molar-refractivity contribution is -0.917. The smallest absolute Gasteiger partial charge is 0.417 e. The predicted molar refractivity (Wildman–Crippen MR) is 117 cm³/mol. The molecule has 0 spiro atoms. The third-order valence-corrected chi connectivity index (χ3v) is 8.15. The molecular formula is C23H24F3N2O4S+. The third kappa shape index (κ3) is 4.55. The Morgan fingerprint density at radius 2 is 1.73 bits per heavy atom. The van der Waals surface area contributed by atoms with Crippen molar-refractivity contribution in [3.8, 4) is 0 Å². The minimum Gasteiger partial charge on any atom is -0.422 e. The van der Waals surface area contributed by atoms with Gasteiger partial charge in [0.05, 0.1) is 36.6 Å². The topological polar surface area (TPSA) is 72.0 Å². The lowest BCUT2D eigenvalue weighted by atomic mass is 10.0. The Balaban J connectivity index is 1.54. The highest BCUT2D eigenvalue weighted by Crippen LogP contribution is 2.35. The number of benzene rings is 2. The fourth-order valence-electron chi connectivity index (χ4n) is 4.22.